The van der Waals surface area contributed by atoms with E-state index in [9.17, 15) is 0 Å². The summed E-state index contributed by atoms with van der Waals surface area (Å²) in [6.45, 7) is 14.7. The molecule has 1 saturated carbocycles. The van der Waals surface area contributed by atoms with E-state index in [0.717, 1.165) is 23.5 Å². The second kappa shape index (κ2) is 4.31. The summed E-state index contributed by atoms with van der Waals surface area (Å²) in [5, 5.41) is 0. The molecule has 0 amide bonds. The van der Waals surface area contributed by atoms with Crippen LogP contribution >= 0.6 is 12.6 Å². The molecule has 0 aliphatic heterocycles. The van der Waals surface area contributed by atoms with E-state index in [-0.39, 0.29) is 0 Å². The second-order valence-electron chi connectivity index (χ2n) is 6.56. The summed E-state index contributed by atoms with van der Waals surface area (Å²) in [5.74, 6) is 3.49. The Morgan fingerprint density at radius 3 is 2.07 bits per heavy atom. The molecule has 0 radical (unpaired) electrons. The third-order valence-electron chi connectivity index (χ3n) is 5.86. The van der Waals surface area contributed by atoms with Gasteiger partial charge in [-0.05, 0) is 47.2 Å². The Morgan fingerprint density at radius 1 is 1.07 bits per heavy atom. The molecule has 0 aromatic carbocycles. The highest BCUT2D eigenvalue weighted by Crippen LogP contribution is 2.57. The standard InChI is InChI=1S/C14H28S/c1-10-9-11(2)14(6,7-8-15)12(3)13(10,4)5/h10-12,15H,7-9H2,1-6H3. The molecular weight excluding hydrogens is 200 g/mol. The van der Waals surface area contributed by atoms with E-state index < -0.39 is 0 Å². The summed E-state index contributed by atoms with van der Waals surface area (Å²) in [6, 6.07) is 0. The molecule has 0 saturated heterocycles. The molecule has 0 aromatic rings. The Bertz CT molecular complexity index is 221. The fourth-order valence-corrected chi connectivity index (χ4v) is 3.99. The van der Waals surface area contributed by atoms with Crippen LogP contribution in [0.2, 0.25) is 0 Å². The molecule has 1 rings (SSSR count). The molecule has 4 atom stereocenters. The zero-order valence-electron chi connectivity index (χ0n) is 11.3. The molecule has 15 heavy (non-hydrogen) atoms. The Labute approximate surface area is 102 Å². The predicted octanol–water partition coefficient (Wildman–Crippen LogP) is 4.65. The number of thiol groups is 1. The average molecular weight is 228 g/mol. The highest BCUT2D eigenvalue weighted by Gasteiger charge is 2.50. The van der Waals surface area contributed by atoms with Crippen LogP contribution in [0.1, 0.15) is 54.4 Å². The van der Waals surface area contributed by atoms with Gasteiger partial charge in [-0.1, -0.05) is 41.5 Å². The monoisotopic (exact) mass is 228 g/mol. The van der Waals surface area contributed by atoms with E-state index in [4.69, 9.17) is 0 Å². The van der Waals surface area contributed by atoms with Crippen molar-refractivity contribution in [2.75, 3.05) is 5.75 Å². The van der Waals surface area contributed by atoms with E-state index in [1.165, 1.54) is 12.8 Å². The topological polar surface area (TPSA) is 0 Å². The summed E-state index contributed by atoms with van der Waals surface area (Å²) in [7, 11) is 0. The predicted molar refractivity (Wildman–Crippen MR) is 72.5 cm³/mol. The van der Waals surface area contributed by atoms with Crippen LogP contribution in [0, 0.1) is 28.6 Å². The molecule has 4 unspecified atom stereocenters. The van der Waals surface area contributed by atoms with Crippen molar-refractivity contribution in [3.8, 4) is 0 Å². The lowest BCUT2D eigenvalue weighted by Crippen LogP contribution is -2.49. The normalized spacial score (nSPS) is 45.4. The van der Waals surface area contributed by atoms with E-state index in [2.05, 4.69) is 54.2 Å². The van der Waals surface area contributed by atoms with Crippen molar-refractivity contribution in [2.45, 2.75) is 54.4 Å². The third-order valence-corrected chi connectivity index (χ3v) is 6.08. The first-order chi connectivity index (χ1) is 6.76. The summed E-state index contributed by atoms with van der Waals surface area (Å²) >= 11 is 4.45. The van der Waals surface area contributed by atoms with Gasteiger partial charge in [0.1, 0.15) is 0 Å². The van der Waals surface area contributed by atoms with Crippen molar-refractivity contribution in [3.05, 3.63) is 0 Å². The summed E-state index contributed by atoms with van der Waals surface area (Å²) in [4.78, 5) is 0. The van der Waals surface area contributed by atoms with Gasteiger partial charge in [-0.3, -0.25) is 0 Å². The van der Waals surface area contributed by atoms with Gasteiger partial charge in [0.2, 0.25) is 0 Å². The van der Waals surface area contributed by atoms with Gasteiger partial charge in [0.25, 0.3) is 0 Å². The van der Waals surface area contributed by atoms with Crippen molar-refractivity contribution in [1.29, 1.82) is 0 Å². The van der Waals surface area contributed by atoms with Crippen LogP contribution < -0.4 is 0 Å². The molecule has 0 spiro atoms. The van der Waals surface area contributed by atoms with E-state index >= 15 is 0 Å². The van der Waals surface area contributed by atoms with Gasteiger partial charge < -0.3 is 0 Å². The Balaban J connectivity index is 2.97. The molecule has 0 aromatic heterocycles. The maximum absolute atomic E-state index is 4.45. The third kappa shape index (κ3) is 2.09. The zero-order chi connectivity index (χ0) is 11.9. The van der Waals surface area contributed by atoms with Gasteiger partial charge in [-0.2, -0.15) is 12.6 Å². The van der Waals surface area contributed by atoms with E-state index in [1.54, 1.807) is 0 Å². The lowest BCUT2D eigenvalue weighted by Gasteiger charge is -2.56. The minimum atomic E-state index is 0.476. The highest BCUT2D eigenvalue weighted by atomic mass is 32.1. The minimum Gasteiger partial charge on any atom is -0.179 e. The van der Waals surface area contributed by atoms with Crippen LogP contribution in [0.5, 0.6) is 0 Å². The smallest absolute Gasteiger partial charge is 0.00925 e. The fourth-order valence-electron chi connectivity index (χ4n) is 3.51. The molecule has 0 bridgehead atoms. The summed E-state index contributed by atoms with van der Waals surface area (Å²) in [6.07, 6.45) is 2.64. The Hall–Kier alpha value is 0.350. The SMILES string of the molecule is CC1CC(C)C(C)(CCS)C(C)C1(C)C. The van der Waals surface area contributed by atoms with Crippen LogP contribution in [-0.2, 0) is 0 Å². The molecule has 0 heterocycles. The van der Waals surface area contributed by atoms with Crippen molar-refractivity contribution in [1.82, 2.24) is 0 Å². The number of hydrogen-bond donors (Lipinski definition) is 1. The minimum absolute atomic E-state index is 0.476. The van der Waals surface area contributed by atoms with Crippen LogP contribution in [0.25, 0.3) is 0 Å². The molecule has 1 aliphatic rings. The Morgan fingerprint density at radius 2 is 1.60 bits per heavy atom. The van der Waals surface area contributed by atoms with Gasteiger partial charge in [-0.15, -0.1) is 0 Å². The molecule has 1 aliphatic carbocycles. The Kier molecular flexibility index (Phi) is 3.86. The van der Waals surface area contributed by atoms with E-state index in [1.807, 2.05) is 0 Å². The van der Waals surface area contributed by atoms with Crippen molar-refractivity contribution in [2.24, 2.45) is 28.6 Å². The molecule has 0 N–H and O–H groups in total. The van der Waals surface area contributed by atoms with Gasteiger partial charge in [0.15, 0.2) is 0 Å². The van der Waals surface area contributed by atoms with Crippen LogP contribution in [-0.4, -0.2) is 5.75 Å². The van der Waals surface area contributed by atoms with Gasteiger partial charge in [0.05, 0.1) is 0 Å². The first-order valence-corrected chi connectivity index (χ1v) is 7.01. The maximum atomic E-state index is 4.45. The number of rotatable bonds is 2. The maximum Gasteiger partial charge on any atom is -0.00925 e. The first kappa shape index (κ1) is 13.4. The van der Waals surface area contributed by atoms with Gasteiger partial charge in [0, 0.05) is 0 Å². The van der Waals surface area contributed by atoms with Crippen LogP contribution in [0.4, 0.5) is 0 Å². The average Bonchev–Trinajstić information content (AvgIpc) is 2.14. The molecule has 0 nitrogen and oxygen atoms in total. The van der Waals surface area contributed by atoms with E-state index in [0.29, 0.717) is 10.8 Å². The quantitative estimate of drug-likeness (QED) is 0.653. The lowest BCUT2D eigenvalue weighted by atomic mass is 9.49. The molecule has 1 heteroatoms. The lowest BCUT2D eigenvalue weighted by molar-refractivity contribution is -0.0691. The van der Waals surface area contributed by atoms with Crippen molar-refractivity contribution < 1.29 is 0 Å². The van der Waals surface area contributed by atoms with Crippen molar-refractivity contribution in [3.63, 3.8) is 0 Å². The fraction of sp³-hybridized carbons (Fsp3) is 1.00. The van der Waals surface area contributed by atoms with Crippen LogP contribution in [0.15, 0.2) is 0 Å². The summed E-state index contributed by atoms with van der Waals surface area (Å²) < 4.78 is 0. The first-order valence-electron chi connectivity index (χ1n) is 6.37. The van der Waals surface area contributed by atoms with Crippen molar-refractivity contribution >= 4 is 12.6 Å². The molecule has 90 valence electrons. The van der Waals surface area contributed by atoms with Crippen LogP contribution in [0.3, 0.4) is 0 Å². The van der Waals surface area contributed by atoms with Gasteiger partial charge in [-0.25, -0.2) is 0 Å². The zero-order valence-corrected chi connectivity index (χ0v) is 12.2. The summed E-state index contributed by atoms with van der Waals surface area (Å²) in [5.41, 5.74) is 0.960. The molecular formula is C14H28S. The van der Waals surface area contributed by atoms with Gasteiger partial charge >= 0.3 is 0 Å². The highest BCUT2D eigenvalue weighted by molar-refractivity contribution is 7.80. The largest absolute Gasteiger partial charge is 0.179 e. The number of hydrogen-bond acceptors (Lipinski definition) is 1. The molecule has 1 fully saturated rings. The second-order valence-corrected chi connectivity index (χ2v) is 7.01.